The molecule has 6 heteroatoms. The zero-order valence-electron chi connectivity index (χ0n) is 16.8. The van der Waals surface area contributed by atoms with Crippen LogP contribution >= 0.6 is 0 Å². The molecule has 0 saturated carbocycles. The van der Waals surface area contributed by atoms with Gasteiger partial charge in [0.25, 0.3) is 0 Å². The lowest BCUT2D eigenvalue weighted by molar-refractivity contribution is -0.118. The molecule has 150 valence electrons. The smallest absolute Gasteiger partial charge is 0.224 e. The maximum absolute atomic E-state index is 11.7. The molecular formula is C23H26N4O2. The van der Waals surface area contributed by atoms with Crippen molar-refractivity contribution in [2.45, 2.75) is 33.1 Å². The maximum Gasteiger partial charge on any atom is 0.224 e. The predicted molar refractivity (Wildman–Crippen MR) is 117 cm³/mol. The van der Waals surface area contributed by atoms with Gasteiger partial charge in [0, 0.05) is 30.5 Å². The van der Waals surface area contributed by atoms with E-state index in [1.165, 1.54) is 0 Å². The van der Waals surface area contributed by atoms with Crippen LogP contribution in [0.3, 0.4) is 0 Å². The van der Waals surface area contributed by atoms with E-state index in [-0.39, 0.29) is 18.7 Å². The lowest BCUT2D eigenvalue weighted by Gasteiger charge is -2.11. The SMILES string of the molecule is CC(C)CCNc1ncnc2ccc(-c3ccc(NC(=O)CCC=O)cc3)cc12. The second-order valence-electron chi connectivity index (χ2n) is 7.39. The van der Waals surface area contributed by atoms with Crippen molar-refractivity contribution in [2.75, 3.05) is 17.2 Å². The van der Waals surface area contributed by atoms with E-state index in [1.54, 1.807) is 6.33 Å². The van der Waals surface area contributed by atoms with E-state index in [0.29, 0.717) is 11.6 Å². The van der Waals surface area contributed by atoms with E-state index in [1.807, 2.05) is 36.4 Å². The van der Waals surface area contributed by atoms with E-state index in [0.717, 1.165) is 47.1 Å². The van der Waals surface area contributed by atoms with Gasteiger partial charge in [-0.1, -0.05) is 32.0 Å². The third-order valence-corrected chi connectivity index (χ3v) is 4.64. The molecule has 0 spiro atoms. The van der Waals surface area contributed by atoms with Crippen molar-refractivity contribution in [3.05, 3.63) is 48.8 Å². The molecule has 2 N–H and O–H groups in total. The second kappa shape index (κ2) is 9.78. The number of carbonyl (C=O) groups excluding carboxylic acids is 2. The Morgan fingerprint density at radius 2 is 1.83 bits per heavy atom. The Bertz CT molecular complexity index is 984. The van der Waals surface area contributed by atoms with Crippen molar-refractivity contribution >= 4 is 34.6 Å². The number of aromatic nitrogens is 2. The molecule has 1 heterocycles. The summed E-state index contributed by atoms with van der Waals surface area (Å²) in [5, 5.41) is 7.21. The van der Waals surface area contributed by atoms with Gasteiger partial charge >= 0.3 is 0 Å². The fourth-order valence-corrected chi connectivity index (χ4v) is 3.02. The van der Waals surface area contributed by atoms with Crippen LogP contribution in [0.25, 0.3) is 22.0 Å². The highest BCUT2D eigenvalue weighted by atomic mass is 16.1. The van der Waals surface area contributed by atoms with Gasteiger partial charge in [-0.05, 0) is 47.7 Å². The van der Waals surface area contributed by atoms with Crippen molar-refractivity contribution in [1.29, 1.82) is 0 Å². The average molecular weight is 390 g/mol. The van der Waals surface area contributed by atoms with Gasteiger partial charge in [0.1, 0.15) is 18.4 Å². The van der Waals surface area contributed by atoms with Crippen molar-refractivity contribution in [2.24, 2.45) is 5.92 Å². The summed E-state index contributed by atoms with van der Waals surface area (Å²) in [7, 11) is 0. The largest absolute Gasteiger partial charge is 0.369 e. The number of aldehydes is 1. The molecule has 0 fully saturated rings. The van der Waals surface area contributed by atoms with Gasteiger partial charge in [0.05, 0.1) is 5.52 Å². The summed E-state index contributed by atoms with van der Waals surface area (Å²) in [6.07, 6.45) is 3.84. The van der Waals surface area contributed by atoms with Crippen LogP contribution in [0.15, 0.2) is 48.8 Å². The second-order valence-corrected chi connectivity index (χ2v) is 7.39. The molecule has 0 atom stereocenters. The van der Waals surface area contributed by atoms with Crippen LogP contribution in [-0.4, -0.2) is 28.7 Å². The number of carbonyl (C=O) groups is 2. The van der Waals surface area contributed by atoms with E-state index in [4.69, 9.17) is 0 Å². The molecule has 0 unspecified atom stereocenters. The Morgan fingerprint density at radius 3 is 2.55 bits per heavy atom. The van der Waals surface area contributed by atoms with Gasteiger partial charge in [0.2, 0.25) is 5.91 Å². The monoisotopic (exact) mass is 390 g/mol. The molecule has 0 aliphatic carbocycles. The molecule has 2 aromatic carbocycles. The number of benzene rings is 2. The minimum atomic E-state index is -0.162. The fourth-order valence-electron chi connectivity index (χ4n) is 3.02. The summed E-state index contributed by atoms with van der Waals surface area (Å²) < 4.78 is 0. The first kappa shape index (κ1) is 20.5. The van der Waals surface area contributed by atoms with Crippen LogP contribution < -0.4 is 10.6 Å². The summed E-state index contributed by atoms with van der Waals surface area (Å²) in [4.78, 5) is 30.9. The van der Waals surface area contributed by atoms with Gasteiger partial charge in [0.15, 0.2) is 0 Å². The van der Waals surface area contributed by atoms with E-state index < -0.39 is 0 Å². The van der Waals surface area contributed by atoms with Crippen LogP contribution in [0.2, 0.25) is 0 Å². The highest BCUT2D eigenvalue weighted by molar-refractivity contribution is 5.93. The van der Waals surface area contributed by atoms with E-state index in [9.17, 15) is 9.59 Å². The number of fused-ring (bicyclic) bond motifs is 1. The summed E-state index contributed by atoms with van der Waals surface area (Å²) >= 11 is 0. The van der Waals surface area contributed by atoms with Crippen LogP contribution in [0.1, 0.15) is 33.1 Å². The molecule has 0 aliphatic rings. The highest BCUT2D eigenvalue weighted by Gasteiger charge is 2.07. The molecule has 0 radical (unpaired) electrons. The topological polar surface area (TPSA) is 84.0 Å². The number of rotatable bonds is 9. The summed E-state index contributed by atoms with van der Waals surface area (Å²) in [5.74, 6) is 1.31. The molecule has 6 nitrogen and oxygen atoms in total. The first-order valence-electron chi connectivity index (χ1n) is 9.89. The van der Waals surface area contributed by atoms with Crippen LogP contribution in [0.5, 0.6) is 0 Å². The number of hydrogen-bond acceptors (Lipinski definition) is 5. The lowest BCUT2D eigenvalue weighted by atomic mass is 10.0. The summed E-state index contributed by atoms with van der Waals surface area (Å²) in [6, 6.07) is 13.8. The zero-order chi connectivity index (χ0) is 20.6. The van der Waals surface area contributed by atoms with E-state index >= 15 is 0 Å². The number of nitrogens with one attached hydrogen (secondary N) is 2. The lowest BCUT2D eigenvalue weighted by Crippen LogP contribution is -2.11. The summed E-state index contributed by atoms with van der Waals surface area (Å²) in [6.45, 7) is 5.27. The standard InChI is InChI=1S/C23H26N4O2/c1-16(2)11-12-24-23-20-14-18(7-10-21(20)25-15-26-23)17-5-8-19(9-6-17)27-22(29)4-3-13-28/h5-10,13-16H,3-4,11-12H2,1-2H3,(H,27,29)(H,24,25,26). The first-order valence-corrected chi connectivity index (χ1v) is 9.89. The third kappa shape index (κ3) is 5.60. The average Bonchev–Trinajstić information content (AvgIpc) is 2.72. The maximum atomic E-state index is 11.7. The van der Waals surface area contributed by atoms with Gasteiger partial charge in [-0.15, -0.1) is 0 Å². The van der Waals surface area contributed by atoms with Gasteiger partial charge in [-0.25, -0.2) is 9.97 Å². The van der Waals surface area contributed by atoms with Gasteiger partial charge in [-0.2, -0.15) is 0 Å². The Morgan fingerprint density at radius 1 is 1.07 bits per heavy atom. The van der Waals surface area contributed by atoms with Gasteiger partial charge < -0.3 is 15.4 Å². The van der Waals surface area contributed by atoms with Crippen LogP contribution in [0.4, 0.5) is 11.5 Å². The summed E-state index contributed by atoms with van der Waals surface area (Å²) in [5.41, 5.74) is 3.70. The quantitative estimate of drug-likeness (QED) is 0.519. The Labute approximate surface area is 170 Å². The minimum Gasteiger partial charge on any atom is -0.369 e. The molecule has 29 heavy (non-hydrogen) atoms. The van der Waals surface area contributed by atoms with Crippen LogP contribution in [-0.2, 0) is 9.59 Å². The first-order chi connectivity index (χ1) is 14.1. The minimum absolute atomic E-state index is 0.162. The number of amides is 1. The molecular weight excluding hydrogens is 364 g/mol. The number of anilines is 2. The molecule has 0 bridgehead atoms. The van der Waals surface area contributed by atoms with Gasteiger partial charge in [-0.3, -0.25) is 4.79 Å². The molecule has 3 rings (SSSR count). The van der Waals surface area contributed by atoms with E-state index in [2.05, 4.69) is 40.5 Å². The Hall–Kier alpha value is -3.28. The highest BCUT2D eigenvalue weighted by Crippen LogP contribution is 2.28. The third-order valence-electron chi connectivity index (χ3n) is 4.64. The molecule has 1 amide bonds. The number of nitrogens with zero attached hydrogens (tertiary/aromatic N) is 2. The van der Waals surface area contributed by atoms with Crippen molar-refractivity contribution in [3.8, 4) is 11.1 Å². The molecule has 0 aliphatic heterocycles. The predicted octanol–water partition coefficient (Wildman–Crippen LogP) is 4.67. The molecule has 0 saturated heterocycles. The zero-order valence-corrected chi connectivity index (χ0v) is 16.8. The Kier molecular flexibility index (Phi) is 6.89. The fraction of sp³-hybridized carbons (Fsp3) is 0.304. The molecule has 1 aromatic heterocycles. The van der Waals surface area contributed by atoms with Crippen molar-refractivity contribution in [1.82, 2.24) is 9.97 Å². The Balaban J connectivity index is 1.78. The molecule has 3 aromatic rings. The van der Waals surface area contributed by atoms with Crippen molar-refractivity contribution < 1.29 is 9.59 Å². The normalized spacial score (nSPS) is 10.9. The van der Waals surface area contributed by atoms with Crippen molar-refractivity contribution in [3.63, 3.8) is 0 Å². The van der Waals surface area contributed by atoms with Crippen LogP contribution in [0, 0.1) is 5.92 Å². The number of hydrogen-bond donors (Lipinski definition) is 2.